The molecule has 1 amide bonds. The minimum absolute atomic E-state index is 0.0107. The van der Waals surface area contributed by atoms with Crippen molar-refractivity contribution in [2.75, 3.05) is 16.6 Å². The molecule has 11 heteroatoms. The number of hydrogen-bond donors (Lipinski definition) is 4. The maximum absolute atomic E-state index is 12.9. The summed E-state index contributed by atoms with van der Waals surface area (Å²) < 4.78 is 66.7. The van der Waals surface area contributed by atoms with Gasteiger partial charge in [-0.2, -0.15) is 13.2 Å². The van der Waals surface area contributed by atoms with Gasteiger partial charge < -0.3 is 5.32 Å². The summed E-state index contributed by atoms with van der Waals surface area (Å²) in [7, 11) is -4.03. The van der Waals surface area contributed by atoms with E-state index in [1.807, 2.05) is 19.9 Å². The van der Waals surface area contributed by atoms with Crippen LogP contribution in [0.1, 0.15) is 16.7 Å². The number of carbonyl (C=O) groups is 1. The van der Waals surface area contributed by atoms with Crippen molar-refractivity contribution in [2.45, 2.75) is 25.4 Å². The Kier molecular flexibility index (Phi) is 6.06. The van der Waals surface area contributed by atoms with Gasteiger partial charge in [-0.1, -0.05) is 12.1 Å². The molecule has 0 bridgehead atoms. The number of halogens is 3. The van der Waals surface area contributed by atoms with Crippen LogP contribution in [-0.2, 0) is 21.0 Å². The SMILES string of the molecule is Cc1cc(C)cc(NS(=O)(=O)C2NNCC2C(=O)Nc2cccc(C(F)(F)F)c2)c1. The first-order valence-electron chi connectivity index (χ1n) is 9.02. The summed E-state index contributed by atoms with van der Waals surface area (Å²) in [5.74, 6) is -1.79. The maximum Gasteiger partial charge on any atom is 0.416 e. The van der Waals surface area contributed by atoms with Crippen molar-refractivity contribution in [3.8, 4) is 0 Å². The molecule has 0 aromatic heterocycles. The predicted molar refractivity (Wildman–Crippen MR) is 107 cm³/mol. The fourth-order valence-corrected chi connectivity index (χ4v) is 4.73. The Morgan fingerprint density at radius 2 is 1.73 bits per heavy atom. The van der Waals surface area contributed by atoms with E-state index in [0.29, 0.717) is 5.69 Å². The van der Waals surface area contributed by atoms with E-state index in [4.69, 9.17) is 0 Å². The molecule has 2 aromatic rings. The Morgan fingerprint density at radius 3 is 2.37 bits per heavy atom. The van der Waals surface area contributed by atoms with Crippen molar-refractivity contribution in [1.29, 1.82) is 0 Å². The zero-order chi connectivity index (χ0) is 22.1. The first kappa shape index (κ1) is 22.1. The molecule has 0 radical (unpaired) electrons. The van der Waals surface area contributed by atoms with Gasteiger partial charge >= 0.3 is 6.18 Å². The van der Waals surface area contributed by atoms with Crippen LogP contribution in [0.4, 0.5) is 24.5 Å². The highest BCUT2D eigenvalue weighted by Crippen LogP contribution is 2.31. The monoisotopic (exact) mass is 442 g/mol. The lowest BCUT2D eigenvalue weighted by Gasteiger charge is -2.20. The van der Waals surface area contributed by atoms with E-state index in [0.717, 1.165) is 23.3 Å². The van der Waals surface area contributed by atoms with Gasteiger partial charge in [-0.25, -0.2) is 13.8 Å². The number of amides is 1. The Morgan fingerprint density at radius 1 is 1.07 bits per heavy atom. The molecule has 0 saturated carbocycles. The van der Waals surface area contributed by atoms with Crippen molar-refractivity contribution < 1.29 is 26.4 Å². The maximum atomic E-state index is 12.9. The van der Waals surface area contributed by atoms with Crippen LogP contribution in [0.15, 0.2) is 42.5 Å². The number of aryl methyl sites for hydroxylation is 2. The van der Waals surface area contributed by atoms with E-state index in [-0.39, 0.29) is 12.2 Å². The number of alkyl halides is 3. The molecule has 162 valence electrons. The zero-order valence-electron chi connectivity index (χ0n) is 16.2. The smallest absolute Gasteiger partial charge is 0.326 e. The minimum Gasteiger partial charge on any atom is -0.326 e. The number of nitrogens with one attached hydrogen (secondary N) is 4. The number of hydrazine groups is 1. The normalized spacial score (nSPS) is 19.5. The zero-order valence-corrected chi connectivity index (χ0v) is 17.0. The molecule has 7 nitrogen and oxygen atoms in total. The van der Waals surface area contributed by atoms with E-state index in [2.05, 4.69) is 20.9 Å². The largest absolute Gasteiger partial charge is 0.416 e. The Hall–Kier alpha value is -2.63. The van der Waals surface area contributed by atoms with Gasteiger partial charge in [0, 0.05) is 17.9 Å². The topological polar surface area (TPSA) is 99.3 Å². The number of hydrogen-bond acceptors (Lipinski definition) is 5. The minimum atomic E-state index is -4.56. The van der Waals surface area contributed by atoms with Crippen LogP contribution in [-0.4, -0.2) is 26.2 Å². The van der Waals surface area contributed by atoms with Crippen LogP contribution in [0.3, 0.4) is 0 Å². The van der Waals surface area contributed by atoms with Gasteiger partial charge in [0.25, 0.3) is 10.0 Å². The predicted octanol–water partition coefficient (Wildman–Crippen LogP) is 2.75. The molecular formula is C19H21F3N4O3S. The molecule has 30 heavy (non-hydrogen) atoms. The van der Waals surface area contributed by atoms with Gasteiger partial charge in [0.15, 0.2) is 5.37 Å². The molecule has 3 rings (SSSR count). The summed E-state index contributed by atoms with van der Waals surface area (Å²) in [5, 5.41) is 1.05. The Labute approximate surface area is 172 Å². The summed E-state index contributed by atoms with van der Waals surface area (Å²) >= 11 is 0. The third kappa shape index (κ3) is 5.10. The Balaban J connectivity index is 1.77. The summed E-state index contributed by atoms with van der Waals surface area (Å²) in [5.41, 5.74) is 6.29. The van der Waals surface area contributed by atoms with Crippen molar-refractivity contribution >= 4 is 27.3 Å². The van der Waals surface area contributed by atoms with Crippen LogP contribution in [0, 0.1) is 19.8 Å². The number of sulfonamides is 1. The molecule has 4 N–H and O–H groups in total. The lowest BCUT2D eigenvalue weighted by Crippen LogP contribution is -2.45. The summed E-state index contributed by atoms with van der Waals surface area (Å²) in [6, 6.07) is 9.35. The fourth-order valence-electron chi connectivity index (χ4n) is 3.27. The molecule has 2 atom stereocenters. The standard InChI is InChI=1S/C19H21F3N4O3S/c1-11-6-12(2)8-15(7-11)26-30(28,29)18-16(10-23-25-18)17(27)24-14-5-3-4-13(9-14)19(20,21)22/h3-9,16,18,23,25-26H,10H2,1-2H3,(H,24,27). The number of benzene rings is 2. The molecule has 0 aliphatic carbocycles. The number of rotatable bonds is 5. The number of anilines is 2. The van der Waals surface area contributed by atoms with Gasteiger partial charge in [0.1, 0.15) is 0 Å². The van der Waals surface area contributed by atoms with Gasteiger partial charge in [-0.05, 0) is 55.3 Å². The summed E-state index contributed by atoms with van der Waals surface area (Å²) in [6.07, 6.45) is -4.56. The summed E-state index contributed by atoms with van der Waals surface area (Å²) in [4.78, 5) is 12.6. The van der Waals surface area contributed by atoms with Crippen LogP contribution >= 0.6 is 0 Å². The lowest BCUT2D eigenvalue weighted by atomic mass is 10.1. The fraction of sp³-hybridized carbons (Fsp3) is 0.316. The van der Waals surface area contributed by atoms with E-state index >= 15 is 0 Å². The van der Waals surface area contributed by atoms with Crippen LogP contribution in [0.2, 0.25) is 0 Å². The van der Waals surface area contributed by atoms with Gasteiger partial charge in [0.2, 0.25) is 5.91 Å². The first-order chi connectivity index (χ1) is 14.0. The summed E-state index contributed by atoms with van der Waals surface area (Å²) in [6.45, 7) is 3.64. The number of carbonyl (C=O) groups excluding carboxylic acids is 1. The first-order valence-corrected chi connectivity index (χ1v) is 10.6. The van der Waals surface area contributed by atoms with Gasteiger partial charge in [-0.3, -0.25) is 14.9 Å². The van der Waals surface area contributed by atoms with Crippen molar-refractivity contribution in [1.82, 2.24) is 10.9 Å². The van der Waals surface area contributed by atoms with Gasteiger partial charge in [-0.15, -0.1) is 0 Å². The van der Waals surface area contributed by atoms with E-state index in [9.17, 15) is 26.4 Å². The van der Waals surface area contributed by atoms with E-state index in [1.165, 1.54) is 12.1 Å². The second-order valence-corrected chi connectivity index (χ2v) is 8.95. The molecule has 1 heterocycles. The average Bonchev–Trinajstić information content (AvgIpc) is 3.11. The van der Waals surface area contributed by atoms with Crippen LogP contribution in [0.25, 0.3) is 0 Å². The average molecular weight is 442 g/mol. The van der Waals surface area contributed by atoms with Crippen molar-refractivity contribution in [3.63, 3.8) is 0 Å². The molecule has 1 fully saturated rings. The molecule has 0 spiro atoms. The third-order valence-corrected chi connectivity index (χ3v) is 6.18. The molecule has 2 unspecified atom stereocenters. The third-order valence-electron chi connectivity index (χ3n) is 4.54. The van der Waals surface area contributed by atoms with Crippen LogP contribution in [0.5, 0.6) is 0 Å². The highest BCUT2D eigenvalue weighted by atomic mass is 32.2. The molecular weight excluding hydrogens is 421 g/mol. The van der Waals surface area contributed by atoms with E-state index < -0.39 is 39.0 Å². The molecule has 1 aliphatic heterocycles. The molecule has 1 aliphatic rings. The highest BCUT2D eigenvalue weighted by molar-refractivity contribution is 7.93. The lowest BCUT2D eigenvalue weighted by molar-refractivity contribution is -0.137. The van der Waals surface area contributed by atoms with Gasteiger partial charge in [0.05, 0.1) is 11.5 Å². The van der Waals surface area contributed by atoms with Crippen molar-refractivity contribution in [2.24, 2.45) is 5.92 Å². The van der Waals surface area contributed by atoms with E-state index in [1.54, 1.807) is 12.1 Å². The van der Waals surface area contributed by atoms with Crippen molar-refractivity contribution in [3.05, 3.63) is 59.2 Å². The highest BCUT2D eigenvalue weighted by Gasteiger charge is 2.42. The second-order valence-electron chi connectivity index (χ2n) is 7.14. The molecule has 2 aromatic carbocycles. The second kappa shape index (κ2) is 8.25. The Bertz CT molecular complexity index is 1040. The van der Waals surface area contributed by atoms with Crippen LogP contribution < -0.4 is 20.9 Å². The quantitative estimate of drug-likeness (QED) is 0.571. The molecule has 1 saturated heterocycles.